The summed E-state index contributed by atoms with van der Waals surface area (Å²) in [5, 5.41) is 0.714. The molecule has 0 amide bonds. The average molecular weight is 393 g/mol. The highest BCUT2D eigenvalue weighted by molar-refractivity contribution is 7.89. The molecular formula is C18H20N2O4S2. The smallest absolute Gasteiger partial charge is 0.241 e. The molecule has 8 heteroatoms. The molecule has 26 heavy (non-hydrogen) atoms. The molecule has 138 valence electrons. The fourth-order valence-corrected chi connectivity index (χ4v) is 4.44. The van der Waals surface area contributed by atoms with Gasteiger partial charge in [-0.15, -0.1) is 11.3 Å². The summed E-state index contributed by atoms with van der Waals surface area (Å²) in [5.74, 6) is 0.941. The Morgan fingerprint density at radius 2 is 1.77 bits per heavy atom. The Kier molecular flexibility index (Phi) is 5.75. The molecule has 3 aromatic rings. The van der Waals surface area contributed by atoms with Crippen molar-refractivity contribution in [3.05, 3.63) is 47.5 Å². The van der Waals surface area contributed by atoms with Crippen LogP contribution < -0.4 is 14.2 Å². The van der Waals surface area contributed by atoms with Crippen molar-refractivity contribution >= 4 is 31.6 Å². The van der Waals surface area contributed by atoms with Gasteiger partial charge in [0, 0.05) is 6.07 Å². The van der Waals surface area contributed by atoms with Gasteiger partial charge in [-0.25, -0.2) is 18.1 Å². The largest absolute Gasteiger partial charge is 0.490 e. The molecule has 0 saturated heterocycles. The predicted octanol–water partition coefficient (Wildman–Crippen LogP) is 3.57. The van der Waals surface area contributed by atoms with Crippen LogP contribution in [0.1, 0.15) is 18.9 Å². The van der Waals surface area contributed by atoms with E-state index < -0.39 is 10.0 Å². The molecule has 0 spiro atoms. The van der Waals surface area contributed by atoms with Crippen LogP contribution in [0, 0.1) is 0 Å². The number of para-hydroxylation sites is 1. The van der Waals surface area contributed by atoms with Gasteiger partial charge in [-0.2, -0.15) is 0 Å². The topological polar surface area (TPSA) is 77.5 Å². The minimum absolute atomic E-state index is 0.130. The number of rotatable bonds is 8. The third kappa shape index (κ3) is 4.14. The minimum Gasteiger partial charge on any atom is -0.490 e. The molecule has 2 aromatic carbocycles. The van der Waals surface area contributed by atoms with Gasteiger partial charge in [-0.3, -0.25) is 0 Å². The van der Waals surface area contributed by atoms with Crippen molar-refractivity contribution < 1.29 is 17.9 Å². The number of ether oxygens (including phenoxy) is 2. The van der Waals surface area contributed by atoms with Gasteiger partial charge in [-0.1, -0.05) is 12.1 Å². The first-order valence-corrected chi connectivity index (χ1v) is 10.6. The highest BCUT2D eigenvalue weighted by Gasteiger charge is 2.18. The number of aromatic nitrogens is 1. The second-order valence-electron chi connectivity index (χ2n) is 5.37. The highest BCUT2D eigenvalue weighted by Crippen LogP contribution is 2.30. The van der Waals surface area contributed by atoms with E-state index in [0.717, 1.165) is 10.2 Å². The van der Waals surface area contributed by atoms with Gasteiger partial charge in [0.1, 0.15) is 5.01 Å². The molecule has 0 atom stereocenters. The first-order valence-electron chi connectivity index (χ1n) is 8.27. The van der Waals surface area contributed by atoms with E-state index in [1.54, 1.807) is 6.07 Å². The predicted molar refractivity (Wildman–Crippen MR) is 102 cm³/mol. The average Bonchev–Trinajstić information content (AvgIpc) is 3.05. The first-order chi connectivity index (χ1) is 12.5. The van der Waals surface area contributed by atoms with Gasteiger partial charge in [0.2, 0.25) is 10.0 Å². The lowest BCUT2D eigenvalue weighted by atomic mass is 10.3. The van der Waals surface area contributed by atoms with Crippen LogP contribution >= 0.6 is 11.3 Å². The zero-order valence-corrected chi connectivity index (χ0v) is 16.2. The standard InChI is InChI=1S/C18H20N2O4S2/c1-3-23-15-10-9-13(11-16(15)24-4-2)26(21,22)19-12-18-20-14-7-5-6-8-17(14)25-18/h5-11,19H,3-4,12H2,1-2H3. The van der Waals surface area contributed by atoms with Crippen molar-refractivity contribution in [1.29, 1.82) is 0 Å². The van der Waals surface area contributed by atoms with E-state index in [4.69, 9.17) is 9.47 Å². The zero-order valence-electron chi connectivity index (χ0n) is 14.6. The molecule has 0 aliphatic rings. The maximum absolute atomic E-state index is 12.6. The third-order valence-corrected chi connectivity index (χ3v) is 6.01. The number of nitrogens with zero attached hydrogens (tertiary/aromatic N) is 1. The Labute approximate surface area is 156 Å². The van der Waals surface area contributed by atoms with Crippen LogP contribution in [0.15, 0.2) is 47.4 Å². The van der Waals surface area contributed by atoms with Crippen LogP contribution in [0.4, 0.5) is 0 Å². The molecule has 0 aliphatic heterocycles. The monoisotopic (exact) mass is 392 g/mol. The Morgan fingerprint density at radius 1 is 1.04 bits per heavy atom. The quantitative estimate of drug-likeness (QED) is 0.634. The summed E-state index contributed by atoms with van der Waals surface area (Å²) in [4.78, 5) is 4.57. The molecule has 0 aliphatic carbocycles. The Morgan fingerprint density at radius 3 is 2.50 bits per heavy atom. The summed E-state index contributed by atoms with van der Waals surface area (Å²) in [6.45, 7) is 4.73. The first kappa shape index (κ1) is 18.6. The fraction of sp³-hybridized carbons (Fsp3) is 0.278. The highest BCUT2D eigenvalue weighted by atomic mass is 32.2. The lowest BCUT2D eigenvalue weighted by Gasteiger charge is -2.13. The minimum atomic E-state index is -3.69. The van der Waals surface area contributed by atoms with Gasteiger partial charge >= 0.3 is 0 Å². The molecule has 3 rings (SSSR count). The van der Waals surface area contributed by atoms with Crippen LogP contribution in [0.2, 0.25) is 0 Å². The SMILES string of the molecule is CCOc1ccc(S(=O)(=O)NCc2nc3ccccc3s2)cc1OCC. The van der Waals surface area contributed by atoms with Gasteiger partial charge in [0.15, 0.2) is 11.5 Å². The van der Waals surface area contributed by atoms with Gasteiger partial charge < -0.3 is 9.47 Å². The molecule has 0 bridgehead atoms. The van der Waals surface area contributed by atoms with Crippen molar-refractivity contribution in [2.45, 2.75) is 25.3 Å². The van der Waals surface area contributed by atoms with E-state index in [2.05, 4.69) is 9.71 Å². The fourth-order valence-electron chi connectivity index (χ4n) is 2.43. The normalized spacial score (nSPS) is 11.6. The summed E-state index contributed by atoms with van der Waals surface area (Å²) in [6, 6.07) is 12.3. The molecule has 1 heterocycles. The number of thiazole rings is 1. The van der Waals surface area contributed by atoms with Crippen LogP contribution in [-0.4, -0.2) is 26.6 Å². The lowest BCUT2D eigenvalue weighted by molar-refractivity contribution is 0.287. The van der Waals surface area contributed by atoms with E-state index in [0.29, 0.717) is 29.7 Å². The molecular weight excluding hydrogens is 372 g/mol. The van der Waals surface area contributed by atoms with Crippen molar-refractivity contribution in [3.8, 4) is 11.5 Å². The second kappa shape index (κ2) is 8.03. The molecule has 1 aromatic heterocycles. The van der Waals surface area contributed by atoms with E-state index in [1.165, 1.54) is 23.5 Å². The maximum Gasteiger partial charge on any atom is 0.241 e. The molecule has 0 fully saturated rings. The molecule has 6 nitrogen and oxygen atoms in total. The summed E-state index contributed by atoms with van der Waals surface area (Å²) < 4.78 is 39.8. The lowest BCUT2D eigenvalue weighted by Crippen LogP contribution is -2.23. The molecule has 0 unspecified atom stereocenters. The second-order valence-corrected chi connectivity index (χ2v) is 8.26. The van der Waals surface area contributed by atoms with E-state index in [1.807, 2.05) is 38.1 Å². The molecule has 0 saturated carbocycles. The van der Waals surface area contributed by atoms with Gasteiger partial charge in [0.25, 0.3) is 0 Å². The van der Waals surface area contributed by atoms with Crippen molar-refractivity contribution in [2.24, 2.45) is 0 Å². The summed E-state index contributed by atoms with van der Waals surface area (Å²) in [5.41, 5.74) is 0.867. The van der Waals surface area contributed by atoms with Crippen LogP contribution in [0.25, 0.3) is 10.2 Å². The van der Waals surface area contributed by atoms with Crippen molar-refractivity contribution in [1.82, 2.24) is 9.71 Å². The summed E-state index contributed by atoms with van der Waals surface area (Å²) in [6.07, 6.45) is 0. The molecule has 0 radical (unpaired) electrons. The number of hydrogen-bond acceptors (Lipinski definition) is 6. The van der Waals surface area contributed by atoms with Gasteiger partial charge in [-0.05, 0) is 38.1 Å². The number of benzene rings is 2. The Balaban J connectivity index is 1.79. The number of fused-ring (bicyclic) bond motifs is 1. The van der Waals surface area contributed by atoms with E-state index in [9.17, 15) is 8.42 Å². The summed E-state index contributed by atoms with van der Waals surface area (Å²) in [7, 11) is -3.69. The third-order valence-electron chi connectivity index (χ3n) is 3.58. The number of sulfonamides is 1. The van der Waals surface area contributed by atoms with Crippen molar-refractivity contribution in [2.75, 3.05) is 13.2 Å². The number of hydrogen-bond donors (Lipinski definition) is 1. The van der Waals surface area contributed by atoms with Crippen LogP contribution in [0.5, 0.6) is 11.5 Å². The summed E-state index contributed by atoms with van der Waals surface area (Å²) >= 11 is 1.47. The van der Waals surface area contributed by atoms with Crippen molar-refractivity contribution in [3.63, 3.8) is 0 Å². The van der Waals surface area contributed by atoms with Crippen LogP contribution in [-0.2, 0) is 16.6 Å². The van der Waals surface area contributed by atoms with Gasteiger partial charge in [0.05, 0.1) is 34.9 Å². The number of nitrogens with one attached hydrogen (secondary N) is 1. The maximum atomic E-state index is 12.6. The van der Waals surface area contributed by atoms with E-state index >= 15 is 0 Å². The zero-order chi connectivity index (χ0) is 18.6. The Bertz CT molecular complexity index is 966. The molecule has 1 N–H and O–H groups in total. The van der Waals surface area contributed by atoms with E-state index in [-0.39, 0.29) is 11.4 Å². The van der Waals surface area contributed by atoms with Crippen LogP contribution in [0.3, 0.4) is 0 Å². The Hall–Kier alpha value is -2.16.